The van der Waals surface area contributed by atoms with E-state index in [4.69, 9.17) is 4.74 Å². The molecule has 0 bridgehead atoms. The number of hydrogen-bond donors (Lipinski definition) is 1. The van der Waals surface area contributed by atoms with E-state index in [1.54, 1.807) is 0 Å². The molecule has 2 atom stereocenters. The number of rotatable bonds is 2. The van der Waals surface area contributed by atoms with Crippen LogP contribution in [0.4, 0.5) is 0 Å². The molecule has 18 heavy (non-hydrogen) atoms. The quantitative estimate of drug-likeness (QED) is 0.871. The van der Waals surface area contributed by atoms with Crippen LogP contribution >= 0.6 is 0 Å². The van der Waals surface area contributed by atoms with Gasteiger partial charge in [-0.1, -0.05) is 45.0 Å². The lowest BCUT2D eigenvalue weighted by atomic mass is 9.86. The molecule has 1 aliphatic rings. The highest BCUT2D eigenvalue weighted by Gasteiger charge is 2.21. The molecule has 0 spiro atoms. The summed E-state index contributed by atoms with van der Waals surface area (Å²) < 4.78 is 5.69. The molecule has 0 amide bonds. The first-order valence-corrected chi connectivity index (χ1v) is 6.84. The fraction of sp³-hybridized carbons (Fsp3) is 0.625. The van der Waals surface area contributed by atoms with Crippen molar-refractivity contribution in [3.05, 3.63) is 35.4 Å². The summed E-state index contributed by atoms with van der Waals surface area (Å²) in [5.41, 5.74) is 2.86. The molecule has 1 aromatic carbocycles. The second kappa shape index (κ2) is 5.41. The fourth-order valence-electron chi connectivity index (χ4n) is 2.41. The van der Waals surface area contributed by atoms with E-state index >= 15 is 0 Å². The molecule has 0 unspecified atom stereocenters. The Morgan fingerprint density at radius 3 is 2.44 bits per heavy atom. The zero-order valence-electron chi connectivity index (χ0n) is 11.6. The maximum atomic E-state index is 9.63. The lowest BCUT2D eigenvalue weighted by Gasteiger charge is -2.26. The third-order valence-corrected chi connectivity index (χ3v) is 3.62. The standard InChI is InChI=1S/C16H24O2/c1-16(2,3)13-6-4-12(5-7-13)10-15-11-14(17)8-9-18-15/h4-7,14-15,17H,8-11H2,1-3H3/t14-,15-/m0/s1. The maximum absolute atomic E-state index is 9.63. The molecule has 2 heteroatoms. The molecular formula is C16H24O2. The lowest BCUT2D eigenvalue weighted by molar-refractivity contribution is -0.0423. The molecule has 1 aliphatic heterocycles. The van der Waals surface area contributed by atoms with E-state index in [1.807, 2.05) is 0 Å². The third kappa shape index (κ3) is 3.56. The van der Waals surface area contributed by atoms with Gasteiger partial charge in [0.05, 0.1) is 12.2 Å². The molecule has 1 fully saturated rings. The number of ether oxygens (including phenoxy) is 1. The zero-order valence-corrected chi connectivity index (χ0v) is 11.6. The Kier molecular flexibility index (Phi) is 4.08. The number of hydrogen-bond acceptors (Lipinski definition) is 2. The van der Waals surface area contributed by atoms with Gasteiger partial charge < -0.3 is 9.84 Å². The Hall–Kier alpha value is -0.860. The van der Waals surface area contributed by atoms with Crippen molar-refractivity contribution < 1.29 is 9.84 Å². The monoisotopic (exact) mass is 248 g/mol. The number of aliphatic hydroxyl groups excluding tert-OH is 1. The molecule has 2 nitrogen and oxygen atoms in total. The summed E-state index contributed by atoms with van der Waals surface area (Å²) in [7, 11) is 0. The normalized spacial score (nSPS) is 25.1. The molecule has 0 radical (unpaired) electrons. The van der Waals surface area contributed by atoms with Crippen LogP contribution < -0.4 is 0 Å². The van der Waals surface area contributed by atoms with E-state index in [-0.39, 0.29) is 17.6 Å². The Balaban J connectivity index is 1.98. The van der Waals surface area contributed by atoms with Gasteiger partial charge >= 0.3 is 0 Å². The second-order valence-electron chi connectivity index (χ2n) is 6.32. The second-order valence-corrected chi connectivity index (χ2v) is 6.32. The summed E-state index contributed by atoms with van der Waals surface area (Å²) in [5.74, 6) is 0. The minimum atomic E-state index is -0.183. The Morgan fingerprint density at radius 1 is 1.22 bits per heavy atom. The molecule has 1 aromatic rings. The van der Waals surface area contributed by atoms with Gasteiger partial charge in [-0.3, -0.25) is 0 Å². The van der Waals surface area contributed by atoms with Crippen molar-refractivity contribution in [2.45, 2.75) is 57.7 Å². The van der Waals surface area contributed by atoms with Crippen LogP contribution in [0, 0.1) is 0 Å². The molecule has 0 aromatic heterocycles. The fourth-order valence-corrected chi connectivity index (χ4v) is 2.41. The van der Waals surface area contributed by atoms with Crippen LogP contribution in [0.5, 0.6) is 0 Å². The van der Waals surface area contributed by atoms with Gasteiger partial charge in [0.2, 0.25) is 0 Å². The molecule has 1 N–H and O–H groups in total. The van der Waals surface area contributed by atoms with Gasteiger partial charge in [0, 0.05) is 6.61 Å². The average Bonchev–Trinajstić information content (AvgIpc) is 2.28. The van der Waals surface area contributed by atoms with Crippen molar-refractivity contribution >= 4 is 0 Å². The highest BCUT2D eigenvalue weighted by Crippen LogP contribution is 2.23. The summed E-state index contributed by atoms with van der Waals surface area (Å²) in [6, 6.07) is 8.78. The van der Waals surface area contributed by atoms with Gasteiger partial charge in [-0.25, -0.2) is 0 Å². The first kappa shape index (κ1) is 13.6. The Labute approximate surface area is 110 Å². The minimum absolute atomic E-state index is 0.175. The van der Waals surface area contributed by atoms with Crippen LogP contribution in [0.2, 0.25) is 0 Å². The van der Waals surface area contributed by atoms with Gasteiger partial charge in [0.1, 0.15) is 0 Å². The Morgan fingerprint density at radius 2 is 1.89 bits per heavy atom. The van der Waals surface area contributed by atoms with E-state index in [9.17, 15) is 5.11 Å². The van der Waals surface area contributed by atoms with Crippen molar-refractivity contribution in [3.8, 4) is 0 Å². The largest absolute Gasteiger partial charge is 0.393 e. The zero-order chi connectivity index (χ0) is 13.2. The first-order chi connectivity index (χ1) is 8.45. The Bertz CT molecular complexity index is 375. The first-order valence-electron chi connectivity index (χ1n) is 6.84. The van der Waals surface area contributed by atoms with Gasteiger partial charge in [-0.15, -0.1) is 0 Å². The summed E-state index contributed by atoms with van der Waals surface area (Å²) >= 11 is 0. The highest BCUT2D eigenvalue weighted by atomic mass is 16.5. The van der Waals surface area contributed by atoms with Crippen LogP contribution in [0.25, 0.3) is 0 Å². The van der Waals surface area contributed by atoms with Crippen LogP contribution in [-0.4, -0.2) is 23.9 Å². The maximum Gasteiger partial charge on any atom is 0.0640 e. The average molecular weight is 248 g/mol. The van der Waals surface area contributed by atoms with Gasteiger partial charge in [0.15, 0.2) is 0 Å². The number of benzene rings is 1. The van der Waals surface area contributed by atoms with E-state index < -0.39 is 0 Å². The predicted molar refractivity (Wildman–Crippen MR) is 73.8 cm³/mol. The van der Waals surface area contributed by atoms with Gasteiger partial charge in [-0.2, -0.15) is 0 Å². The summed E-state index contributed by atoms with van der Waals surface area (Å²) in [5, 5.41) is 9.63. The predicted octanol–water partition coefficient (Wildman–Crippen LogP) is 3.07. The molecule has 0 saturated carbocycles. The smallest absolute Gasteiger partial charge is 0.0640 e. The molecular weight excluding hydrogens is 224 g/mol. The van der Waals surface area contributed by atoms with Crippen LogP contribution in [0.3, 0.4) is 0 Å². The van der Waals surface area contributed by atoms with Crippen molar-refractivity contribution in [2.75, 3.05) is 6.61 Å². The molecule has 1 saturated heterocycles. The van der Waals surface area contributed by atoms with Crippen molar-refractivity contribution in [3.63, 3.8) is 0 Å². The SMILES string of the molecule is CC(C)(C)c1ccc(C[C@H]2C[C@@H](O)CCO2)cc1. The van der Waals surface area contributed by atoms with Crippen LogP contribution in [0.15, 0.2) is 24.3 Å². The minimum Gasteiger partial charge on any atom is -0.393 e. The summed E-state index contributed by atoms with van der Waals surface area (Å²) in [6.07, 6.45) is 2.44. The van der Waals surface area contributed by atoms with Crippen molar-refractivity contribution in [1.29, 1.82) is 0 Å². The lowest BCUT2D eigenvalue weighted by Crippen LogP contribution is -2.30. The van der Waals surface area contributed by atoms with Crippen LogP contribution in [0.1, 0.15) is 44.7 Å². The van der Waals surface area contributed by atoms with Crippen molar-refractivity contribution in [1.82, 2.24) is 0 Å². The third-order valence-electron chi connectivity index (χ3n) is 3.62. The van der Waals surface area contributed by atoms with E-state index in [0.717, 1.165) is 19.3 Å². The van der Waals surface area contributed by atoms with Crippen molar-refractivity contribution in [2.24, 2.45) is 0 Å². The molecule has 100 valence electrons. The number of aliphatic hydroxyl groups is 1. The molecule has 0 aliphatic carbocycles. The topological polar surface area (TPSA) is 29.5 Å². The van der Waals surface area contributed by atoms with Crippen LogP contribution in [-0.2, 0) is 16.6 Å². The van der Waals surface area contributed by atoms with Gasteiger partial charge in [-0.05, 0) is 35.8 Å². The van der Waals surface area contributed by atoms with E-state index in [0.29, 0.717) is 6.61 Å². The summed E-state index contributed by atoms with van der Waals surface area (Å²) in [4.78, 5) is 0. The van der Waals surface area contributed by atoms with E-state index in [1.165, 1.54) is 11.1 Å². The van der Waals surface area contributed by atoms with Gasteiger partial charge in [0.25, 0.3) is 0 Å². The highest BCUT2D eigenvalue weighted by molar-refractivity contribution is 5.27. The molecule has 2 rings (SSSR count). The summed E-state index contributed by atoms with van der Waals surface area (Å²) in [6.45, 7) is 7.36. The molecule has 1 heterocycles. The van der Waals surface area contributed by atoms with E-state index in [2.05, 4.69) is 45.0 Å².